The lowest BCUT2D eigenvalue weighted by Gasteiger charge is -2.16. The summed E-state index contributed by atoms with van der Waals surface area (Å²) in [5.41, 5.74) is 3.21. The molecule has 1 fully saturated rings. The molecule has 0 spiro atoms. The van der Waals surface area contributed by atoms with Gasteiger partial charge in [0.25, 0.3) is 0 Å². The number of methoxy groups -OCH3 is 1. The molecule has 0 atom stereocenters. The van der Waals surface area contributed by atoms with E-state index in [9.17, 15) is 5.26 Å². The van der Waals surface area contributed by atoms with Crippen molar-refractivity contribution in [3.63, 3.8) is 0 Å². The van der Waals surface area contributed by atoms with Crippen LogP contribution in [0.3, 0.4) is 0 Å². The van der Waals surface area contributed by atoms with Crippen LogP contribution in [-0.4, -0.2) is 7.11 Å². The summed E-state index contributed by atoms with van der Waals surface area (Å²) in [6.07, 6.45) is 5.89. The summed E-state index contributed by atoms with van der Waals surface area (Å²) in [6.45, 7) is 0. The van der Waals surface area contributed by atoms with Crippen LogP contribution in [0.1, 0.15) is 37.7 Å². The fourth-order valence-corrected chi connectivity index (χ4v) is 2.33. The standard InChI is InChI=1S/C15H17NO/c1-17-14-9-7-13(8-10-14)15(11-16)12-5-3-2-4-6-12/h7-10H,2-6H2,1H3. The summed E-state index contributed by atoms with van der Waals surface area (Å²) in [6, 6.07) is 10.1. The summed E-state index contributed by atoms with van der Waals surface area (Å²) in [5.74, 6) is 0.833. The van der Waals surface area contributed by atoms with Gasteiger partial charge in [-0.3, -0.25) is 0 Å². The highest BCUT2D eigenvalue weighted by atomic mass is 16.5. The highest BCUT2D eigenvalue weighted by Gasteiger charge is 2.12. The third kappa shape index (κ3) is 2.68. The molecule has 2 nitrogen and oxygen atoms in total. The molecule has 0 aliphatic heterocycles. The number of nitriles is 1. The van der Waals surface area contributed by atoms with Crippen molar-refractivity contribution in [2.45, 2.75) is 32.1 Å². The maximum atomic E-state index is 9.32. The van der Waals surface area contributed by atoms with Gasteiger partial charge in [-0.05, 0) is 55.5 Å². The van der Waals surface area contributed by atoms with Crippen LogP contribution < -0.4 is 4.74 Å². The number of hydrogen-bond donors (Lipinski definition) is 0. The van der Waals surface area contributed by atoms with Crippen LogP contribution >= 0.6 is 0 Å². The van der Waals surface area contributed by atoms with Gasteiger partial charge in [-0.25, -0.2) is 0 Å². The van der Waals surface area contributed by atoms with E-state index < -0.39 is 0 Å². The number of allylic oxidation sites excluding steroid dienone is 2. The molecule has 0 aromatic heterocycles. The molecule has 1 aliphatic rings. The summed E-state index contributed by atoms with van der Waals surface area (Å²) in [5, 5.41) is 9.32. The SMILES string of the molecule is COc1ccc(C(C#N)=C2CCCCC2)cc1. The minimum atomic E-state index is 0.833. The quantitative estimate of drug-likeness (QED) is 0.717. The van der Waals surface area contributed by atoms with Crippen molar-refractivity contribution in [2.24, 2.45) is 0 Å². The molecule has 0 saturated heterocycles. The first-order valence-electron chi connectivity index (χ1n) is 6.11. The predicted molar refractivity (Wildman–Crippen MR) is 68.6 cm³/mol. The van der Waals surface area contributed by atoms with Crippen molar-refractivity contribution < 1.29 is 4.74 Å². The molecule has 2 heteroatoms. The molecule has 2 rings (SSSR count). The van der Waals surface area contributed by atoms with Gasteiger partial charge in [0, 0.05) is 0 Å². The minimum Gasteiger partial charge on any atom is -0.497 e. The summed E-state index contributed by atoms with van der Waals surface area (Å²) < 4.78 is 5.13. The van der Waals surface area contributed by atoms with Crippen molar-refractivity contribution in [2.75, 3.05) is 7.11 Å². The van der Waals surface area contributed by atoms with Crippen LogP contribution in [0.4, 0.5) is 0 Å². The molecule has 0 heterocycles. The van der Waals surface area contributed by atoms with E-state index in [1.165, 1.54) is 24.8 Å². The van der Waals surface area contributed by atoms with E-state index in [0.29, 0.717) is 0 Å². The van der Waals surface area contributed by atoms with Crippen molar-refractivity contribution in [1.82, 2.24) is 0 Å². The van der Waals surface area contributed by atoms with Crippen molar-refractivity contribution in [1.29, 1.82) is 5.26 Å². The second-order valence-electron chi connectivity index (χ2n) is 4.38. The average molecular weight is 227 g/mol. The highest BCUT2D eigenvalue weighted by molar-refractivity contribution is 5.79. The van der Waals surface area contributed by atoms with E-state index in [4.69, 9.17) is 4.74 Å². The number of rotatable bonds is 2. The Balaban J connectivity index is 2.31. The molecule has 0 N–H and O–H groups in total. The largest absolute Gasteiger partial charge is 0.497 e. The van der Waals surface area contributed by atoms with Gasteiger partial charge in [0.05, 0.1) is 18.8 Å². The Hall–Kier alpha value is -1.75. The van der Waals surface area contributed by atoms with Crippen LogP contribution in [0.2, 0.25) is 0 Å². The third-order valence-electron chi connectivity index (χ3n) is 3.30. The molecule has 0 radical (unpaired) electrons. The summed E-state index contributed by atoms with van der Waals surface area (Å²) in [7, 11) is 1.65. The monoisotopic (exact) mass is 227 g/mol. The first-order valence-corrected chi connectivity index (χ1v) is 6.11. The van der Waals surface area contributed by atoms with Gasteiger partial charge >= 0.3 is 0 Å². The van der Waals surface area contributed by atoms with E-state index in [-0.39, 0.29) is 0 Å². The van der Waals surface area contributed by atoms with Crippen LogP contribution in [-0.2, 0) is 0 Å². The number of ether oxygens (including phenoxy) is 1. The number of benzene rings is 1. The molecule has 88 valence electrons. The van der Waals surface area contributed by atoms with E-state index in [0.717, 1.165) is 29.7 Å². The van der Waals surface area contributed by atoms with Crippen molar-refractivity contribution >= 4 is 5.57 Å². The van der Waals surface area contributed by atoms with Gasteiger partial charge in [-0.15, -0.1) is 0 Å². The van der Waals surface area contributed by atoms with E-state index >= 15 is 0 Å². The second kappa shape index (κ2) is 5.54. The van der Waals surface area contributed by atoms with E-state index in [2.05, 4.69) is 6.07 Å². The minimum absolute atomic E-state index is 0.833. The van der Waals surface area contributed by atoms with Gasteiger partial charge in [0.1, 0.15) is 5.75 Å². The van der Waals surface area contributed by atoms with Gasteiger partial charge in [0.2, 0.25) is 0 Å². The number of hydrogen-bond acceptors (Lipinski definition) is 2. The molecule has 0 bridgehead atoms. The topological polar surface area (TPSA) is 33.0 Å². The molecule has 17 heavy (non-hydrogen) atoms. The molecule has 0 unspecified atom stereocenters. The molecule has 1 aliphatic carbocycles. The summed E-state index contributed by atoms with van der Waals surface area (Å²) >= 11 is 0. The molecule has 0 amide bonds. The van der Waals surface area contributed by atoms with Gasteiger partial charge in [-0.2, -0.15) is 5.26 Å². The zero-order valence-electron chi connectivity index (χ0n) is 10.2. The zero-order chi connectivity index (χ0) is 12.1. The Kier molecular flexibility index (Phi) is 3.82. The lowest BCUT2D eigenvalue weighted by Crippen LogP contribution is -1.97. The van der Waals surface area contributed by atoms with Crippen molar-refractivity contribution in [3.05, 3.63) is 35.4 Å². The van der Waals surface area contributed by atoms with Crippen LogP contribution in [0.5, 0.6) is 5.75 Å². The highest BCUT2D eigenvalue weighted by Crippen LogP contribution is 2.30. The maximum absolute atomic E-state index is 9.32. The van der Waals surface area contributed by atoms with Gasteiger partial charge in [0.15, 0.2) is 0 Å². The molecule has 1 aromatic carbocycles. The fraction of sp³-hybridized carbons (Fsp3) is 0.400. The Labute approximate surface area is 103 Å². The van der Waals surface area contributed by atoms with Crippen LogP contribution in [0.25, 0.3) is 5.57 Å². The Morgan fingerprint density at radius 3 is 2.29 bits per heavy atom. The first kappa shape index (κ1) is 11.7. The van der Waals surface area contributed by atoms with Gasteiger partial charge in [-0.1, -0.05) is 12.0 Å². The van der Waals surface area contributed by atoms with Crippen molar-refractivity contribution in [3.8, 4) is 11.8 Å². The predicted octanol–water partition coefficient (Wildman–Crippen LogP) is 3.94. The van der Waals surface area contributed by atoms with E-state index in [1.54, 1.807) is 7.11 Å². The van der Waals surface area contributed by atoms with Crippen LogP contribution in [0.15, 0.2) is 29.8 Å². The lowest BCUT2D eigenvalue weighted by molar-refractivity contribution is 0.415. The molecule has 1 saturated carbocycles. The molecular weight excluding hydrogens is 210 g/mol. The molecule has 1 aromatic rings. The molecular formula is C15H17NO. The maximum Gasteiger partial charge on any atom is 0.118 e. The smallest absolute Gasteiger partial charge is 0.118 e. The van der Waals surface area contributed by atoms with E-state index in [1.807, 2.05) is 24.3 Å². The third-order valence-corrected chi connectivity index (χ3v) is 3.30. The second-order valence-corrected chi connectivity index (χ2v) is 4.38. The van der Waals surface area contributed by atoms with Crippen LogP contribution in [0, 0.1) is 11.3 Å². The fourth-order valence-electron chi connectivity index (χ4n) is 2.33. The summed E-state index contributed by atoms with van der Waals surface area (Å²) in [4.78, 5) is 0. The Bertz CT molecular complexity index is 443. The normalized spacial score (nSPS) is 15.2. The average Bonchev–Trinajstić information content (AvgIpc) is 2.42. The zero-order valence-corrected chi connectivity index (χ0v) is 10.2. The van der Waals surface area contributed by atoms with Gasteiger partial charge < -0.3 is 4.74 Å². The lowest BCUT2D eigenvalue weighted by atomic mass is 9.89. The Morgan fingerprint density at radius 2 is 1.76 bits per heavy atom. The first-order chi connectivity index (χ1) is 8.35. The Morgan fingerprint density at radius 1 is 1.12 bits per heavy atom. The number of nitrogens with zero attached hydrogens (tertiary/aromatic N) is 1.